The first-order valence-corrected chi connectivity index (χ1v) is 7.49. The predicted molar refractivity (Wildman–Crippen MR) is 84.9 cm³/mol. The second-order valence-electron chi connectivity index (χ2n) is 5.88. The third kappa shape index (κ3) is 6.52. The molecule has 1 N–H and O–H groups in total. The highest BCUT2D eigenvalue weighted by atomic mass is 16.5. The highest BCUT2D eigenvalue weighted by Crippen LogP contribution is 2.27. The summed E-state index contributed by atoms with van der Waals surface area (Å²) in [6.07, 6.45) is 2.09. The number of nitrogens with one attached hydrogen (secondary N) is 1. The molecular formula is C17H27NO3. The summed E-state index contributed by atoms with van der Waals surface area (Å²) in [6, 6.07) is 5.81. The molecule has 0 aliphatic heterocycles. The Labute approximate surface area is 127 Å². The Bertz CT molecular complexity index is 457. The SMILES string of the molecule is COc1cc(C)ccc1OCC(=O)NC(C)CCC(C)C. The van der Waals surface area contributed by atoms with Crippen molar-refractivity contribution < 1.29 is 14.3 Å². The van der Waals surface area contributed by atoms with Gasteiger partial charge >= 0.3 is 0 Å². The zero-order valence-corrected chi connectivity index (χ0v) is 13.7. The predicted octanol–water partition coefficient (Wildman–Crippen LogP) is 3.32. The van der Waals surface area contributed by atoms with Gasteiger partial charge in [0.2, 0.25) is 0 Å². The number of ether oxygens (including phenoxy) is 2. The lowest BCUT2D eigenvalue weighted by Gasteiger charge is -2.16. The lowest BCUT2D eigenvalue weighted by Crippen LogP contribution is -2.36. The minimum atomic E-state index is -0.103. The molecular weight excluding hydrogens is 266 g/mol. The average Bonchev–Trinajstić information content (AvgIpc) is 2.43. The number of methoxy groups -OCH3 is 1. The fourth-order valence-corrected chi connectivity index (χ4v) is 2.01. The van der Waals surface area contributed by atoms with E-state index in [1.54, 1.807) is 7.11 Å². The fraction of sp³-hybridized carbons (Fsp3) is 0.588. The normalized spacial score (nSPS) is 12.1. The van der Waals surface area contributed by atoms with Gasteiger partial charge in [0.05, 0.1) is 7.11 Å². The van der Waals surface area contributed by atoms with Crippen molar-refractivity contribution in [2.75, 3.05) is 13.7 Å². The number of carbonyl (C=O) groups excluding carboxylic acids is 1. The summed E-state index contributed by atoms with van der Waals surface area (Å²) >= 11 is 0. The van der Waals surface area contributed by atoms with Crippen molar-refractivity contribution >= 4 is 5.91 Å². The average molecular weight is 293 g/mol. The van der Waals surface area contributed by atoms with Crippen molar-refractivity contribution in [3.05, 3.63) is 23.8 Å². The number of hydrogen-bond donors (Lipinski definition) is 1. The summed E-state index contributed by atoms with van der Waals surface area (Å²) in [5.74, 6) is 1.79. The van der Waals surface area contributed by atoms with E-state index in [1.807, 2.05) is 32.0 Å². The Morgan fingerprint density at radius 2 is 1.90 bits per heavy atom. The van der Waals surface area contributed by atoms with Crippen LogP contribution < -0.4 is 14.8 Å². The van der Waals surface area contributed by atoms with E-state index in [9.17, 15) is 4.79 Å². The van der Waals surface area contributed by atoms with Gasteiger partial charge in [0.25, 0.3) is 5.91 Å². The summed E-state index contributed by atoms with van der Waals surface area (Å²) in [6.45, 7) is 8.37. The van der Waals surface area contributed by atoms with Gasteiger partial charge in [-0.25, -0.2) is 0 Å². The number of hydrogen-bond acceptors (Lipinski definition) is 3. The molecule has 1 atom stereocenters. The van der Waals surface area contributed by atoms with Crippen LogP contribution in [0.3, 0.4) is 0 Å². The zero-order valence-electron chi connectivity index (χ0n) is 13.7. The molecule has 0 bridgehead atoms. The molecule has 0 saturated heterocycles. The summed E-state index contributed by atoms with van der Waals surface area (Å²) in [4.78, 5) is 11.9. The maximum Gasteiger partial charge on any atom is 0.258 e. The van der Waals surface area contributed by atoms with Crippen LogP contribution in [0.2, 0.25) is 0 Å². The van der Waals surface area contributed by atoms with Crippen LogP contribution in [-0.4, -0.2) is 25.7 Å². The first-order valence-electron chi connectivity index (χ1n) is 7.49. The standard InChI is InChI=1S/C17H27NO3/c1-12(2)6-8-14(4)18-17(19)11-21-15-9-7-13(3)10-16(15)20-5/h7,9-10,12,14H,6,8,11H2,1-5H3,(H,18,19). The van der Waals surface area contributed by atoms with Crippen LogP contribution in [0.25, 0.3) is 0 Å². The van der Waals surface area contributed by atoms with Gasteiger partial charge in [-0.05, 0) is 50.3 Å². The number of benzene rings is 1. The molecule has 0 fully saturated rings. The molecule has 0 saturated carbocycles. The molecule has 21 heavy (non-hydrogen) atoms. The number of amides is 1. The quantitative estimate of drug-likeness (QED) is 0.800. The van der Waals surface area contributed by atoms with Crippen molar-refractivity contribution in [1.82, 2.24) is 5.32 Å². The minimum Gasteiger partial charge on any atom is -0.493 e. The van der Waals surface area contributed by atoms with Crippen LogP contribution in [0.15, 0.2) is 18.2 Å². The van der Waals surface area contributed by atoms with Gasteiger partial charge in [0.15, 0.2) is 18.1 Å². The van der Waals surface area contributed by atoms with Gasteiger partial charge in [-0.1, -0.05) is 19.9 Å². The van der Waals surface area contributed by atoms with Gasteiger partial charge in [-0.2, -0.15) is 0 Å². The highest BCUT2D eigenvalue weighted by Gasteiger charge is 2.10. The van der Waals surface area contributed by atoms with Gasteiger partial charge < -0.3 is 14.8 Å². The Hall–Kier alpha value is -1.71. The number of carbonyl (C=O) groups is 1. The first-order chi connectivity index (χ1) is 9.92. The van der Waals surface area contributed by atoms with Crippen molar-refractivity contribution in [3.63, 3.8) is 0 Å². The smallest absolute Gasteiger partial charge is 0.258 e. The van der Waals surface area contributed by atoms with E-state index in [0.29, 0.717) is 17.4 Å². The molecule has 0 radical (unpaired) electrons. The Balaban J connectivity index is 2.42. The van der Waals surface area contributed by atoms with Gasteiger partial charge in [0.1, 0.15) is 0 Å². The van der Waals surface area contributed by atoms with Crippen LogP contribution in [0.5, 0.6) is 11.5 Å². The summed E-state index contributed by atoms with van der Waals surface area (Å²) in [7, 11) is 1.59. The maximum atomic E-state index is 11.9. The highest BCUT2D eigenvalue weighted by molar-refractivity contribution is 5.77. The molecule has 4 heteroatoms. The molecule has 4 nitrogen and oxygen atoms in total. The second-order valence-corrected chi connectivity index (χ2v) is 5.88. The lowest BCUT2D eigenvalue weighted by molar-refractivity contribution is -0.123. The van der Waals surface area contributed by atoms with Crippen LogP contribution >= 0.6 is 0 Å². The van der Waals surface area contributed by atoms with Crippen LogP contribution in [0, 0.1) is 12.8 Å². The van der Waals surface area contributed by atoms with Crippen molar-refractivity contribution in [1.29, 1.82) is 0 Å². The molecule has 1 aromatic rings. The Morgan fingerprint density at radius 3 is 2.52 bits per heavy atom. The Kier molecular flexibility index (Phi) is 7.06. The molecule has 0 spiro atoms. The van der Waals surface area contributed by atoms with Gasteiger partial charge in [-0.3, -0.25) is 4.79 Å². The van der Waals surface area contributed by atoms with E-state index in [1.165, 1.54) is 0 Å². The van der Waals surface area contributed by atoms with E-state index in [4.69, 9.17) is 9.47 Å². The van der Waals surface area contributed by atoms with Gasteiger partial charge in [0, 0.05) is 6.04 Å². The van der Waals surface area contributed by atoms with Crippen LogP contribution in [0.1, 0.15) is 39.2 Å². The van der Waals surface area contributed by atoms with Crippen LogP contribution in [-0.2, 0) is 4.79 Å². The van der Waals surface area contributed by atoms with E-state index in [-0.39, 0.29) is 18.6 Å². The van der Waals surface area contributed by atoms with Crippen molar-refractivity contribution in [2.45, 2.75) is 46.6 Å². The van der Waals surface area contributed by atoms with E-state index in [0.717, 1.165) is 18.4 Å². The van der Waals surface area contributed by atoms with Crippen LogP contribution in [0.4, 0.5) is 0 Å². The summed E-state index contributed by atoms with van der Waals surface area (Å²) in [5, 5.41) is 2.95. The third-order valence-corrected chi connectivity index (χ3v) is 3.26. The molecule has 0 heterocycles. The van der Waals surface area contributed by atoms with Gasteiger partial charge in [-0.15, -0.1) is 0 Å². The lowest BCUT2D eigenvalue weighted by atomic mass is 10.0. The molecule has 118 valence electrons. The molecule has 1 aromatic carbocycles. The van der Waals surface area contributed by atoms with E-state index >= 15 is 0 Å². The molecule has 1 unspecified atom stereocenters. The van der Waals surface area contributed by atoms with Crippen molar-refractivity contribution in [3.8, 4) is 11.5 Å². The number of aryl methyl sites for hydroxylation is 1. The number of rotatable bonds is 8. The molecule has 1 rings (SSSR count). The summed E-state index contributed by atoms with van der Waals surface area (Å²) in [5.41, 5.74) is 1.09. The topological polar surface area (TPSA) is 47.6 Å². The maximum absolute atomic E-state index is 11.9. The van der Waals surface area contributed by atoms with E-state index in [2.05, 4.69) is 19.2 Å². The second kappa shape index (κ2) is 8.55. The molecule has 0 aliphatic rings. The molecule has 1 amide bonds. The monoisotopic (exact) mass is 293 g/mol. The Morgan fingerprint density at radius 1 is 1.19 bits per heavy atom. The summed E-state index contributed by atoms with van der Waals surface area (Å²) < 4.78 is 10.8. The first kappa shape index (κ1) is 17.3. The fourth-order valence-electron chi connectivity index (χ4n) is 2.01. The molecule has 0 aliphatic carbocycles. The molecule has 0 aromatic heterocycles. The minimum absolute atomic E-state index is 0.00540. The largest absolute Gasteiger partial charge is 0.493 e. The third-order valence-electron chi connectivity index (χ3n) is 3.26. The van der Waals surface area contributed by atoms with Crippen molar-refractivity contribution in [2.24, 2.45) is 5.92 Å². The van der Waals surface area contributed by atoms with E-state index < -0.39 is 0 Å². The zero-order chi connectivity index (χ0) is 15.8.